The molecule has 1 heterocycles. The van der Waals surface area contributed by atoms with Crippen LogP contribution in [0.25, 0.3) is 0 Å². The molecule has 0 fully saturated rings. The maximum Gasteiger partial charge on any atom is 0.126 e. The minimum Gasteiger partial charge on any atom is -0.306 e. The molecule has 0 aliphatic heterocycles. The zero-order valence-corrected chi connectivity index (χ0v) is 9.90. The highest BCUT2D eigenvalue weighted by atomic mass is 19.1. The van der Waals surface area contributed by atoms with Gasteiger partial charge in [-0.1, -0.05) is 6.92 Å². The Labute approximate surface area is 104 Å². The molecular formula is C13H13F2N3. The lowest BCUT2D eigenvalue weighted by atomic mass is 10.0. The van der Waals surface area contributed by atoms with Crippen molar-refractivity contribution in [3.05, 3.63) is 59.7 Å². The summed E-state index contributed by atoms with van der Waals surface area (Å²) in [4.78, 5) is 7.84. The molecule has 0 spiro atoms. The minimum absolute atomic E-state index is 0.318. The van der Waals surface area contributed by atoms with E-state index < -0.39 is 11.6 Å². The monoisotopic (exact) mass is 249 g/mol. The van der Waals surface area contributed by atoms with Crippen LogP contribution in [0.2, 0.25) is 0 Å². The Morgan fingerprint density at radius 1 is 1.06 bits per heavy atom. The van der Waals surface area contributed by atoms with Gasteiger partial charge in [-0.05, 0) is 24.2 Å². The SMILES string of the molecule is CCNC(c1cncnc1)c1cc(F)cc(F)c1. The summed E-state index contributed by atoms with van der Waals surface area (Å²) in [6.07, 6.45) is 4.67. The van der Waals surface area contributed by atoms with E-state index in [4.69, 9.17) is 0 Å². The maximum atomic E-state index is 13.2. The fraction of sp³-hybridized carbons (Fsp3) is 0.231. The van der Waals surface area contributed by atoms with E-state index in [1.54, 1.807) is 12.4 Å². The van der Waals surface area contributed by atoms with E-state index in [-0.39, 0.29) is 6.04 Å². The molecule has 2 aromatic rings. The van der Waals surface area contributed by atoms with E-state index in [1.807, 2.05) is 6.92 Å². The molecule has 0 saturated carbocycles. The zero-order chi connectivity index (χ0) is 13.0. The second-order valence-electron chi connectivity index (χ2n) is 3.87. The Morgan fingerprint density at radius 3 is 2.22 bits per heavy atom. The summed E-state index contributed by atoms with van der Waals surface area (Å²) in [6.45, 7) is 2.59. The number of nitrogens with one attached hydrogen (secondary N) is 1. The first-order chi connectivity index (χ1) is 8.70. The fourth-order valence-corrected chi connectivity index (χ4v) is 1.83. The van der Waals surface area contributed by atoms with Gasteiger partial charge in [-0.3, -0.25) is 0 Å². The summed E-state index contributed by atoms with van der Waals surface area (Å²) >= 11 is 0. The number of nitrogens with zero attached hydrogens (tertiary/aromatic N) is 2. The molecule has 0 amide bonds. The Kier molecular flexibility index (Phi) is 3.94. The summed E-state index contributed by atoms with van der Waals surface area (Å²) in [6, 6.07) is 3.15. The molecule has 94 valence electrons. The number of hydrogen-bond donors (Lipinski definition) is 1. The molecule has 0 saturated heterocycles. The molecule has 18 heavy (non-hydrogen) atoms. The van der Waals surface area contributed by atoms with Crippen molar-refractivity contribution in [2.45, 2.75) is 13.0 Å². The molecule has 0 radical (unpaired) electrons. The van der Waals surface area contributed by atoms with Gasteiger partial charge in [0.05, 0.1) is 6.04 Å². The molecule has 1 N–H and O–H groups in total. The second kappa shape index (κ2) is 5.64. The van der Waals surface area contributed by atoms with Crippen LogP contribution in [0.1, 0.15) is 24.1 Å². The highest BCUT2D eigenvalue weighted by Gasteiger charge is 2.15. The quantitative estimate of drug-likeness (QED) is 0.904. The molecule has 1 atom stereocenters. The highest BCUT2D eigenvalue weighted by Crippen LogP contribution is 2.22. The first-order valence-electron chi connectivity index (χ1n) is 5.65. The molecule has 0 bridgehead atoms. The molecule has 1 unspecified atom stereocenters. The Bertz CT molecular complexity index is 497. The van der Waals surface area contributed by atoms with Crippen molar-refractivity contribution >= 4 is 0 Å². The maximum absolute atomic E-state index is 13.2. The lowest BCUT2D eigenvalue weighted by Gasteiger charge is -2.18. The van der Waals surface area contributed by atoms with Crippen LogP contribution in [0.3, 0.4) is 0 Å². The van der Waals surface area contributed by atoms with E-state index in [0.717, 1.165) is 11.6 Å². The summed E-state index contributed by atoms with van der Waals surface area (Å²) < 4.78 is 26.5. The first-order valence-corrected chi connectivity index (χ1v) is 5.65. The zero-order valence-electron chi connectivity index (χ0n) is 9.90. The highest BCUT2D eigenvalue weighted by molar-refractivity contribution is 5.29. The van der Waals surface area contributed by atoms with Crippen LogP contribution in [0, 0.1) is 11.6 Å². The van der Waals surface area contributed by atoms with Crippen LogP contribution in [0.15, 0.2) is 36.9 Å². The van der Waals surface area contributed by atoms with Crippen LogP contribution in [0.5, 0.6) is 0 Å². The van der Waals surface area contributed by atoms with Crippen LogP contribution < -0.4 is 5.32 Å². The average Bonchev–Trinajstić information content (AvgIpc) is 2.36. The number of benzene rings is 1. The number of aromatic nitrogens is 2. The van der Waals surface area contributed by atoms with Crippen LogP contribution in [-0.4, -0.2) is 16.5 Å². The third-order valence-electron chi connectivity index (χ3n) is 2.54. The van der Waals surface area contributed by atoms with E-state index in [9.17, 15) is 8.78 Å². The molecule has 0 aliphatic carbocycles. The van der Waals surface area contributed by atoms with Gasteiger partial charge in [-0.15, -0.1) is 0 Å². The third kappa shape index (κ3) is 2.87. The van der Waals surface area contributed by atoms with Crippen molar-refractivity contribution in [2.75, 3.05) is 6.54 Å². The second-order valence-corrected chi connectivity index (χ2v) is 3.87. The Morgan fingerprint density at radius 2 is 1.67 bits per heavy atom. The predicted octanol–water partition coefficient (Wildman–Crippen LogP) is 2.45. The minimum atomic E-state index is -0.593. The average molecular weight is 249 g/mol. The van der Waals surface area contributed by atoms with E-state index in [1.165, 1.54) is 18.5 Å². The number of hydrogen-bond acceptors (Lipinski definition) is 3. The van der Waals surface area contributed by atoms with Crippen molar-refractivity contribution in [3.8, 4) is 0 Å². The molecule has 1 aromatic carbocycles. The van der Waals surface area contributed by atoms with Gasteiger partial charge in [-0.25, -0.2) is 18.7 Å². The van der Waals surface area contributed by atoms with E-state index in [2.05, 4.69) is 15.3 Å². The smallest absolute Gasteiger partial charge is 0.126 e. The molecule has 2 rings (SSSR count). The lowest BCUT2D eigenvalue weighted by molar-refractivity contribution is 0.564. The Balaban J connectivity index is 2.41. The summed E-state index contributed by atoms with van der Waals surface area (Å²) in [7, 11) is 0. The first kappa shape index (κ1) is 12.6. The molecular weight excluding hydrogens is 236 g/mol. The predicted molar refractivity (Wildman–Crippen MR) is 63.9 cm³/mol. The third-order valence-corrected chi connectivity index (χ3v) is 2.54. The number of rotatable bonds is 4. The van der Waals surface area contributed by atoms with Gasteiger partial charge >= 0.3 is 0 Å². The van der Waals surface area contributed by atoms with Gasteiger partial charge in [0.2, 0.25) is 0 Å². The summed E-state index contributed by atoms with van der Waals surface area (Å²) in [5, 5.41) is 3.16. The fourth-order valence-electron chi connectivity index (χ4n) is 1.83. The topological polar surface area (TPSA) is 37.8 Å². The molecule has 3 nitrogen and oxygen atoms in total. The van der Waals surface area contributed by atoms with Crippen molar-refractivity contribution in [3.63, 3.8) is 0 Å². The van der Waals surface area contributed by atoms with Crippen molar-refractivity contribution in [1.82, 2.24) is 15.3 Å². The van der Waals surface area contributed by atoms with Gasteiger partial charge in [0.1, 0.15) is 18.0 Å². The standard InChI is InChI=1S/C13H13F2N3/c1-2-18-13(10-6-16-8-17-7-10)9-3-11(14)5-12(15)4-9/h3-8,13,18H,2H2,1H3. The van der Waals surface area contributed by atoms with Gasteiger partial charge in [0.15, 0.2) is 0 Å². The molecule has 5 heteroatoms. The van der Waals surface area contributed by atoms with Gasteiger partial charge in [0.25, 0.3) is 0 Å². The van der Waals surface area contributed by atoms with E-state index >= 15 is 0 Å². The van der Waals surface area contributed by atoms with Crippen molar-refractivity contribution < 1.29 is 8.78 Å². The largest absolute Gasteiger partial charge is 0.306 e. The Hall–Kier alpha value is -1.88. The summed E-state index contributed by atoms with van der Waals surface area (Å²) in [5.41, 5.74) is 1.29. The van der Waals surface area contributed by atoms with Crippen molar-refractivity contribution in [2.24, 2.45) is 0 Å². The normalized spacial score (nSPS) is 12.4. The summed E-state index contributed by atoms with van der Waals surface area (Å²) in [5.74, 6) is -1.19. The van der Waals surface area contributed by atoms with Crippen molar-refractivity contribution in [1.29, 1.82) is 0 Å². The van der Waals surface area contributed by atoms with Gasteiger partial charge < -0.3 is 5.32 Å². The number of halogens is 2. The van der Waals surface area contributed by atoms with Gasteiger partial charge in [0, 0.05) is 24.0 Å². The van der Waals surface area contributed by atoms with Crippen LogP contribution in [0.4, 0.5) is 8.78 Å². The van der Waals surface area contributed by atoms with Crippen LogP contribution >= 0.6 is 0 Å². The van der Waals surface area contributed by atoms with Crippen LogP contribution in [-0.2, 0) is 0 Å². The molecule has 1 aromatic heterocycles. The van der Waals surface area contributed by atoms with Gasteiger partial charge in [-0.2, -0.15) is 0 Å². The van der Waals surface area contributed by atoms with E-state index in [0.29, 0.717) is 12.1 Å². The lowest BCUT2D eigenvalue weighted by Crippen LogP contribution is -2.22. The molecule has 0 aliphatic rings.